The predicted molar refractivity (Wildman–Crippen MR) is 100.0 cm³/mol. The van der Waals surface area contributed by atoms with E-state index in [1.54, 1.807) is 19.1 Å². The largest absolute Gasteiger partial charge is 0.449 e. The number of esters is 1. The Balaban J connectivity index is 2.08. The van der Waals surface area contributed by atoms with E-state index < -0.39 is 12.1 Å². The highest BCUT2D eigenvalue weighted by Crippen LogP contribution is 2.21. The number of aryl methyl sites for hydroxylation is 4. The van der Waals surface area contributed by atoms with Crippen LogP contribution in [-0.4, -0.2) is 18.0 Å². The lowest BCUT2D eigenvalue weighted by molar-refractivity contribution is -0.123. The van der Waals surface area contributed by atoms with Crippen molar-refractivity contribution in [3.05, 3.63) is 64.2 Å². The zero-order valence-corrected chi connectivity index (χ0v) is 15.5. The topological polar surface area (TPSA) is 55.4 Å². The van der Waals surface area contributed by atoms with E-state index in [-0.39, 0.29) is 5.91 Å². The summed E-state index contributed by atoms with van der Waals surface area (Å²) in [6, 6.07) is 11.3. The smallest absolute Gasteiger partial charge is 0.338 e. The Hall–Kier alpha value is -2.62. The molecular formula is C21H25NO3. The second-order valence-electron chi connectivity index (χ2n) is 6.30. The molecule has 0 spiro atoms. The van der Waals surface area contributed by atoms with Crippen LogP contribution in [0.1, 0.15) is 46.5 Å². The lowest BCUT2D eigenvalue weighted by Gasteiger charge is -2.17. The number of rotatable bonds is 5. The molecule has 1 N–H and O–H groups in total. The third-order valence-electron chi connectivity index (χ3n) is 4.38. The minimum absolute atomic E-state index is 0.332. The molecule has 25 heavy (non-hydrogen) atoms. The maximum atomic E-state index is 12.4. The second kappa shape index (κ2) is 7.97. The maximum absolute atomic E-state index is 12.4. The molecule has 0 fully saturated rings. The Morgan fingerprint density at radius 2 is 1.76 bits per heavy atom. The number of carbonyl (C=O) groups is 2. The van der Waals surface area contributed by atoms with Crippen molar-refractivity contribution >= 4 is 17.6 Å². The van der Waals surface area contributed by atoms with Crippen molar-refractivity contribution in [2.24, 2.45) is 0 Å². The number of benzene rings is 2. The van der Waals surface area contributed by atoms with Gasteiger partial charge < -0.3 is 10.1 Å². The van der Waals surface area contributed by atoms with Gasteiger partial charge in [0.1, 0.15) is 0 Å². The van der Waals surface area contributed by atoms with Crippen molar-refractivity contribution in [3.63, 3.8) is 0 Å². The highest BCUT2D eigenvalue weighted by molar-refractivity contribution is 5.98. The van der Waals surface area contributed by atoms with Crippen LogP contribution in [-0.2, 0) is 16.0 Å². The van der Waals surface area contributed by atoms with Crippen LogP contribution >= 0.6 is 0 Å². The van der Waals surface area contributed by atoms with Crippen LogP contribution in [0.5, 0.6) is 0 Å². The van der Waals surface area contributed by atoms with Gasteiger partial charge in [-0.05, 0) is 68.5 Å². The molecule has 2 aromatic rings. The molecular weight excluding hydrogens is 314 g/mol. The van der Waals surface area contributed by atoms with E-state index in [0.717, 1.165) is 34.4 Å². The zero-order chi connectivity index (χ0) is 18.6. The summed E-state index contributed by atoms with van der Waals surface area (Å²) in [5, 5.41) is 2.89. The summed E-state index contributed by atoms with van der Waals surface area (Å²) in [7, 11) is 0. The average molecular weight is 339 g/mol. The fourth-order valence-corrected chi connectivity index (χ4v) is 2.58. The normalized spacial score (nSPS) is 11.7. The molecule has 0 heterocycles. The van der Waals surface area contributed by atoms with E-state index in [2.05, 4.69) is 5.32 Å². The molecule has 1 amide bonds. The van der Waals surface area contributed by atoms with Crippen LogP contribution in [0.15, 0.2) is 36.4 Å². The molecule has 0 saturated heterocycles. The summed E-state index contributed by atoms with van der Waals surface area (Å²) >= 11 is 0. The van der Waals surface area contributed by atoms with Crippen molar-refractivity contribution < 1.29 is 14.3 Å². The Morgan fingerprint density at radius 3 is 2.40 bits per heavy atom. The molecule has 0 aliphatic heterocycles. The minimum Gasteiger partial charge on any atom is -0.449 e. The molecule has 0 radical (unpaired) electrons. The van der Waals surface area contributed by atoms with Gasteiger partial charge in [-0.25, -0.2) is 4.79 Å². The van der Waals surface area contributed by atoms with Gasteiger partial charge in [0.05, 0.1) is 5.56 Å². The van der Waals surface area contributed by atoms with Crippen LogP contribution in [0.3, 0.4) is 0 Å². The van der Waals surface area contributed by atoms with Crippen LogP contribution < -0.4 is 5.32 Å². The fraction of sp³-hybridized carbons (Fsp3) is 0.333. The third kappa shape index (κ3) is 4.47. The lowest BCUT2D eigenvalue weighted by Crippen LogP contribution is -2.30. The maximum Gasteiger partial charge on any atom is 0.338 e. The first-order valence-electron chi connectivity index (χ1n) is 8.51. The molecule has 2 rings (SSSR count). The van der Waals surface area contributed by atoms with Crippen LogP contribution in [0.2, 0.25) is 0 Å². The number of ether oxygens (including phenoxy) is 1. The highest BCUT2D eigenvalue weighted by atomic mass is 16.5. The number of hydrogen-bond donors (Lipinski definition) is 1. The predicted octanol–water partition coefficient (Wildman–Crippen LogP) is 4.36. The molecule has 1 atom stereocenters. The van der Waals surface area contributed by atoms with E-state index in [1.807, 2.05) is 52.0 Å². The molecule has 0 bridgehead atoms. The van der Waals surface area contributed by atoms with Gasteiger partial charge in [0.25, 0.3) is 5.91 Å². The van der Waals surface area contributed by atoms with Gasteiger partial charge in [0.2, 0.25) is 0 Å². The molecule has 4 nitrogen and oxygen atoms in total. The molecule has 0 saturated carbocycles. The summed E-state index contributed by atoms with van der Waals surface area (Å²) < 4.78 is 5.33. The SMILES string of the molecule is CCc1cccc(C)c1NC(=O)C(C)OC(=O)c1ccc(C)c(C)c1. The quantitative estimate of drug-likeness (QED) is 0.824. The molecule has 4 heteroatoms. The van der Waals surface area contributed by atoms with Crippen molar-refractivity contribution in [1.82, 2.24) is 0 Å². The van der Waals surface area contributed by atoms with Crippen molar-refractivity contribution in [2.75, 3.05) is 5.32 Å². The molecule has 0 aliphatic rings. The van der Waals surface area contributed by atoms with Crippen LogP contribution in [0.25, 0.3) is 0 Å². The highest BCUT2D eigenvalue weighted by Gasteiger charge is 2.20. The molecule has 132 valence electrons. The van der Waals surface area contributed by atoms with E-state index in [4.69, 9.17) is 4.74 Å². The van der Waals surface area contributed by atoms with Gasteiger partial charge in [-0.15, -0.1) is 0 Å². The van der Waals surface area contributed by atoms with Crippen LogP contribution in [0, 0.1) is 20.8 Å². The third-order valence-corrected chi connectivity index (χ3v) is 4.38. The number of hydrogen-bond acceptors (Lipinski definition) is 3. The molecule has 1 unspecified atom stereocenters. The number of carbonyl (C=O) groups excluding carboxylic acids is 2. The van der Waals surface area contributed by atoms with E-state index in [0.29, 0.717) is 5.56 Å². The fourth-order valence-electron chi connectivity index (χ4n) is 2.58. The van der Waals surface area contributed by atoms with Gasteiger partial charge in [-0.2, -0.15) is 0 Å². The molecule has 2 aromatic carbocycles. The van der Waals surface area contributed by atoms with Gasteiger partial charge >= 0.3 is 5.97 Å². The first kappa shape index (κ1) is 18.7. The van der Waals surface area contributed by atoms with Crippen molar-refractivity contribution in [2.45, 2.75) is 47.1 Å². The Labute approximate surface area is 149 Å². The second-order valence-corrected chi connectivity index (χ2v) is 6.30. The van der Waals surface area contributed by atoms with E-state index in [9.17, 15) is 9.59 Å². The summed E-state index contributed by atoms with van der Waals surface area (Å²) in [6.45, 7) is 9.48. The van der Waals surface area contributed by atoms with Gasteiger partial charge in [-0.1, -0.05) is 31.2 Å². The van der Waals surface area contributed by atoms with E-state index >= 15 is 0 Å². The van der Waals surface area contributed by atoms with Crippen LogP contribution in [0.4, 0.5) is 5.69 Å². The first-order valence-corrected chi connectivity index (χ1v) is 8.51. The Kier molecular flexibility index (Phi) is 5.97. The zero-order valence-electron chi connectivity index (χ0n) is 15.5. The Morgan fingerprint density at radius 1 is 1.04 bits per heavy atom. The number of para-hydroxylation sites is 1. The monoisotopic (exact) mass is 339 g/mol. The van der Waals surface area contributed by atoms with Gasteiger partial charge in [0.15, 0.2) is 6.10 Å². The summed E-state index contributed by atoms with van der Waals surface area (Å²) in [5.41, 5.74) is 5.41. The first-order chi connectivity index (χ1) is 11.8. The molecule has 0 aromatic heterocycles. The standard InChI is InChI=1S/C21H25NO3/c1-6-17-9-7-8-14(3)19(17)22-20(23)16(5)25-21(24)18-11-10-13(2)15(4)12-18/h7-12,16H,6H2,1-5H3,(H,22,23). The van der Waals surface area contributed by atoms with Gasteiger partial charge in [0, 0.05) is 5.69 Å². The minimum atomic E-state index is -0.876. The lowest BCUT2D eigenvalue weighted by atomic mass is 10.1. The summed E-state index contributed by atoms with van der Waals surface area (Å²) in [5.74, 6) is -0.826. The number of anilines is 1. The van der Waals surface area contributed by atoms with E-state index in [1.165, 1.54) is 0 Å². The molecule has 0 aliphatic carbocycles. The summed E-state index contributed by atoms with van der Waals surface area (Å²) in [4.78, 5) is 24.7. The van der Waals surface area contributed by atoms with Crippen molar-refractivity contribution in [3.8, 4) is 0 Å². The number of amides is 1. The Bertz CT molecular complexity index is 796. The van der Waals surface area contributed by atoms with Crippen molar-refractivity contribution in [1.29, 1.82) is 0 Å². The van der Waals surface area contributed by atoms with Gasteiger partial charge in [-0.3, -0.25) is 4.79 Å². The number of nitrogens with one attached hydrogen (secondary N) is 1. The average Bonchev–Trinajstić information content (AvgIpc) is 2.58. The summed E-state index contributed by atoms with van der Waals surface area (Å²) in [6.07, 6.45) is -0.0629.